The molecule has 9 heteroatoms. The Morgan fingerprint density at radius 1 is 1.22 bits per heavy atom. The number of carbonyl (C=O) groups is 1. The van der Waals surface area contributed by atoms with Crippen LogP contribution in [0.4, 0.5) is 9.52 Å². The van der Waals surface area contributed by atoms with Gasteiger partial charge in [0.15, 0.2) is 5.13 Å². The zero-order chi connectivity index (χ0) is 21.6. The molecule has 32 heavy (non-hydrogen) atoms. The number of halogens is 2. The summed E-state index contributed by atoms with van der Waals surface area (Å²) in [5.41, 5.74) is 0.856. The molecule has 2 aromatic carbocycles. The minimum atomic E-state index is -0.373. The lowest BCUT2D eigenvalue weighted by atomic mass is 10.2. The summed E-state index contributed by atoms with van der Waals surface area (Å²) >= 11 is 1.34. The second-order valence-corrected chi connectivity index (χ2v) is 8.31. The molecule has 0 aliphatic carbocycles. The van der Waals surface area contributed by atoms with Crippen molar-refractivity contribution in [3.05, 3.63) is 53.8 Å². The first-order valence-electron chi connectivity index (χ1n) is 10.6. The van der Waals surface area contributed by atoms with Crippen molar-refractivity contribution >= 4 is 45.0 Å². The Hall–Kier alpha value is -2.26. The SMILES string of the molecule is CCOc1ccc(C(=O)N(CCCN2CCOCC2)c2nc3c(F)cccc3s2)cc1.Cl. The highest BCUT2D eigenvalue weighted by molar-refractivity contribution is 7.22. The van der Waals surface area contributed by atoms with Gasteiger partial charge in [-0.15, -0.1) is 12.4 Å². The average Bonchev–Trinajstić information content (AvgIpc) is 3.23. The Morgan fingerprint density at radius 2 is 1.97 bits per heavy atom. The summed E-state index contributed by atoms with van der Waals surface area (Å²) in [6.45, 7) is 7.15. The highest BCUT2D eigenvalue weighted by Crippen LogP contribution is 2.31. The lowest BCUT2D eigenvalue weighted by Crippen LogP contribution is -2.39. The molecule has 1 aromatic heterocycles. The van der Waals surface area contributed by atoms with Crippen LogP contribution < -0.4 is 9.64 Å². The van der Waals surface area contributed by atoms with Crippen molar-refractivity contribution in [2.24, 2.45) is 0 Å². The number of hydrogen-bond acceptors (Lipinski definition) is 6. The van der Waals surface area contributed by atoms with Crippen molar-refractivity contribution in [3.63, 3.8) is 0 Å². The minimum Gasteiger partial charge on any atom is -0.494 e. The molecular formula is C23H27ClFN3O3S. The molecule has 1 amide bonds. The van der Waals surface area contributed by atoms with E-state index in [1.807, 2.05) is 13.0 Å². The minimum absolute atomic E-state index is 0. The number of anilines is 1. The summed E-state index contributed by atoms with van der Waals surface area (Å²) in [6, 6.07) is 12.0. The summed E-state index contributed by atoms with van der Waals surface area (Å²) in [7, 11) is 0. The Balaban J connectivity index is 0.00000289. The Kier molecular flexibility index (Phi) is 8.81. The molecular weight excluding hydrogens is 453 g/mol. The van der Waals surface area contributed by atoms with Gasteiger partial charge in [-0.3, -0.25) is 14.6 Å². The van der Waals surface area contributed by atoms with Crippen LogP contribution in [0.5, 0.6) is 5.75 Å². The smallest absolute Gasteiger partial charge is 0.260 e. The summed E-state index contributed by atoms with van der Waals surface area (Å²) in [4.78, 5) is 21.8. The number of hydrogen-bond donors (Lipinski definition) is 0. The van der Waals surface area contributed by atoms with Crippen LogP contribution in [0.15, 0.2) is 42.5 Å². The third-order valence-electron chi connectivity index (χ3n) is 5.21. The van der Waals surface area contributed by atoms with E-state index >= 15 is 0 Å². The molecule has 1 aliphatic heterocycles. The maximum absolute atomic E-state index is 14.2. The first kappa shape index (κ1) is 24.4. The number of rotatable bonds is 8. The fraction of sp³-hybridized carbons (Fsp3) is 0.391. The lowest BCUT2D eigenvalue weighted by Gasteiger charge is -2.27. The first-order chi connectivity index (χ1) is 15.2. The fourth-order valence-electron chi connectivity index (χ4n) is 3.60. The zero-order valence-corrected chi connectivity index (χ0v) is 19.6. The normalized spacial score (nSPS) is 14.2. The van der Waals surface area contributed by atoms with E-state index in [2.05, 4.69) is 9.88 Å². The number of ether oxygens (including phenoxy) is 2. The predicted molar refractivity (Wildman–Crippen MR) is 128 cm³/mol. The number of benzene rings is 2. The van der Waals surface area contributed by atoms with E-state index in [0.29, 0.717) is 29.4 Å². The lowest BCUT2D eigenvalue weighted by molar-refractivity contribution is 0.0376. The van der Waals surface area contributed by atoms with Gasteiger partial charge in [0.25, 0.3) is 5.91 Å². The van der Waals surface area contributed by atoms with Crippen molar-refractivity contribution in [2.75, 3.05) is 50.9 Å². The van der Waals surface area contributed by atoms with E-state index < -0.39 is 0 Å². The Morgan fingerprint density at radius 3 is 2.66 bits per heavy atom. The molecule has 1 fully saturated rings. The van der Waals surface area contributed by atoms with Gasteiger partial charge in [-0.25, -0.2) is 9.37 Å². The molecule has 0 atom stereocenters. The van der Waals surface area contributed by atoms with Gasteiger partial charge in [-0.05, 0) is 49.7 Å². The van der Waals surface area contributed by atoms with Crippen molar-refractivity contribution < 1.29 is 18.7 Å². The maximum Gasteiger partial charge on any atom is 0.260 e. The van der Waals surface area contributed by atoms with Crippen molar-refractivity contribution in [1.29, 1.82) is 0 Å². The van der Waals surface area contributed by atoms with Crippen molar-refractivity contribution in [3.8, 4) is 5.75 Å². The molecule has 3 aromatic rings. The van der Waals surface area contributed by atoms with Crippen LogP contribution in [0, 0.1) is 5.82 Å². The van der Waals surface area contributed by atoms with Crippen LogP contribution in [0.1, 0.15) is 23.7 Å². The first-order valence-corrected chi connectivity index (χ1v) is 11.4. The second kappa shape index (κ2) is 11.6. The van der Waals surface area contributed by atoms with Crippen LogP contribution in [0.25, 0.3) is 10.2 Å². The monoisotopic (exact) mass is 479 g/mol. The van der Waals surface area contributed by atoms with Gasteiger partial charge in [0.1, 0.15) is 17.1 Å². The van der Waals surface area contributed by atoms with Gasteiger partial charge in [-0.2, -0.15) is 0 Å². The molecule has 2 heterocycles. The third kappa shape index (κ3) is 5.75. The number of para-hydroxylation sites is 1. The van der Waals surface area contributed by atoms with E-state index in [0.717, 1.165) is 49.7 Å². The van der Waals surface area contributed by atoms with Gasteiger partial charge in [-0.1, -0.05) is 17.4 Å². The largest absolute Gasteiger partial charge is 0.494 e. The molecule has 1 aliphatic rings. The van der Waals surface area contributed by atoms with Crippen LogP contribution in [-0.4, -0.2) is 61.8 Å². The predicted octanol–water partition coefficient (Wildman–Crippen LogP) is 4.63. The van der Waals surface area contributed by atoms with Gasteiger partial charge < -0.3 is 9.47 Å². The van der Waals surface area contributed by atoms with Crippen LogP contribution in [0.2, 0.25) is 0 Å². The third-order valence-corrected chi connectivity index (χ3v) is 6.25. The standard InChI is InChI=1S/C23H26FN3O3S.ClH/c1-2-30-18-9-7-17(8-10-18)22(28)27(12-4-11-26-13-15-29-16-14-26)23-25-21-19(24)5-3-6-20(21)31-23;/h3,5-10H,2,4,11-16H2,1H3;1H. The zero-order valence-electron chi connectivity index (χ0n) is 18.0. The molecule has 0 saturated carbocycles. The average molecular weight is 480 g/mol. The highest BCUT2D eigenvalue weighted by atomic mass is 35.5. The number of nitrogens with zero attached hydrogens (tertiary/aromatic N) is 3. The summed E-state index contributed by atoms with van der Waals surface area (Å²) in [5, 5.41) is 0.515. The summed E-state index contributed by atoms with van der Waals surface area (Å²) in [6.07, 6.45) is 0.793. The van der Waals surface area contributed by atoms with E-state index in [1.54, 1.807) is 35.2 Å². The molecule has 172 valence electrons. The molecule has 4 rings (SSSR count). The van der Waals surface area contributed by atoms with Gasteiger partial charge >= 0.3 is 0 Å². The fourth-order valence-corrected chi connectivity index (χ4v) is 4.60. The summed E-state index contributed by atoms with van der Waals surface area (Å²) < 4.78 is 25.8. The molecule has 0 bridgehead atoms. The van der Waals surface area contributed by atoms with Gasteiger partial charge in [0, 0.05) is 31.7 Å². The van der Waals surface area contributed by atoms with Crippen LogP contribution >= 0.6 is 23.7 Å². The second-order valence-electron chi connectivity index (χ2n) is 7.30. The number of aromatic nitrogens is 1. The number of amides is 1. The summed E-state index contributed by atoms with van der Waals surface area (Å²) in [5.74, 6) is 0.200. The topological polar surface area (TPSA) is 54.9 Å². The Bertz CT molecular complexity index is 1030. The molecule has 0 unspecified atom stereocenters. The number of thiazole rings is 1. The molecule has 6 nitrogen and oxygen atoms in total. The quantitative estimate of drug-likeness (QED) is 0.471. The van der Waals surface area contributed by atoms with Crippen molar-refractivity contribution in [2.45, 2.75) is 13.3 Å². The van der Waals surface area contributed by atoms with E-state index in [4.69, 9.17) is 9.47 Å². The van der Waals surface area contributed by atoms with Gasteiger partial charge in [0.2, 0.25) is 0 Å². The molecule has 1 saturated heterocycles. The van der Waals surface area contributed by atoms with E-state index in [1.165, 1.54) is 17.4 Å². The molecule has 0 spiro atoms. The van der Waals surface area contributed by atoms with E-state index in [-0.39, 0.29) is 24.1 Å². The van der Waals surface area contributed by atoms with Gasteiger partial charge in [0.05, 0.1) is 24.5 Å². The van der Waals surface area contributed by atoms with E-state index in [9.17, 15) is 9.18 Å². The maximum atomic E-state index is 14.2. The number of fused-ring (bicyclic) bond motifs is 1. The molecule has 0 radical (unpaired) electrons. The highest BCUT2D eigenvalue weighted by Gasteiger charge is 2.22. The van der Waals surface area contributed by atoms with Crippen LogP contribution in [-0.2, 0) is 4.74 Å². The molecule has 0 N–H and O–H groups in total. The number of carbonyl (C=O) groups excluding carboxylic acids is 1. The van der Waals surface area contributed by atoms with Crippen LogP contribution in [0.3, 0.4) is 0 Å². The Labute approximate surface area is 197 Å². The van der Waals surface area contributed by atoms with Crippen molar-refractivity contribution in [1.82, 2.24) is 9.88 Å². The number of morpholine rings is 1.